The third-order valence-electron chi connectivity index (χ3n) is 5.09. The van der Waals surface area contributed by atoms with E-state index in [-0.39, 0.29) is 36.4 Å². The highest BCUT2D eigenvalue weighted by atomic mass is 127. The zero-order valence-electron chi connectivity index (χ0n) is 16.2. The minimum Gasteiger partial charge on any atom is -0.357 e. The van der Waals surface area contributed by atoms with Gasteiger partial charge in [0.15, 0.2) is 5.96 Å². The first-order valence-electron chi connectivity index (χ1n) is 9.85. The van der Waals surface area contributed by atoms with Crippen LogP contribution in [0.4, 0.5) is 0 Å². The minimum absolute atomic E-state index is 0. The number of rotatable bonds is 7. The smallest absolute Gasteiger partial charge is 0.244 e. The van der Waals surface area contributed by atoms with Gasteiger partial charge in [-0.05, 0) is 57.1 Å². The van der Waals surface area contributed by atoms with Crippen LogP contribution in [0.25, 0.3) is 0 Å². The Balaban J connectivity index is 0.00000261. The second-order valence-corrected chi connectivity index (χ2v) is 7.92. The lowest BCUT2D eigenvalue weighted by Gasteiger charge is -2.27. The molecule has 8 heteroatoms. The number of likely N-dealkylation sites (tertiary alicyclic amines) is 2. The lowest BCUT2D eigenvalue weighted by Crippen LogP contribution is -2.43. The summed E-state index contributed by atoms with van der Waals surface area (Å²) >= 11 is 1.82. The Labute approximate surface area is 183 Å². The summed E-state index contributed by atoms with van der Waals surface area (Å²) in [5.41, 5.74) is 0. The maximum absolute atomic E-state index is 12.2. The number of nitrogens with zero attached hydrogens (tertiary/aromatic N) is 3. The van der Waals surface area contributed by atoms with E-state index in [0.29, 0.717) is 6.04 Å². The van der Waals surface area contributed by atoms with Gasteiger partial charge >= 0.3 is 0 Å². The summed E-state index contributed by atoms with van der Waals surface area (Å²) in [5, 5.41) is 8.88. The summed E-state index contributed by atoms with van der Waals surface area (Å²) in [4.78, 5) is 22.6. The average Bonchev–Trinajstić information content (AvgIpc) is 3.43. The molecule has 27 heavy (non-hydrogen) atoms. The Morgan fingerprint density at radius 2 is 1.89 bits per heavy atom. The van der Waals surface area contributed by atoms with Gasteiger partial charge in [-0.2, -0.15) is 0 Å². The zero-order valence-corrected chi connectivity index (χ0v) is 19.3. The molecule has 0 saturated carbocycles. The third kappa shape index (κ3) is 6.60. The molecule has 3 heterocycles. The Hall–Kier alpha value is -0.870. The van der Waals surface area contributed by atoms with Gasteiger partial charge in [-0.25, -0.2) is 4.99 Å². The van der Waals surface area contributed by atoms with Gasteiger partial charge in [0.25, 0.3) is 0 Å². The molecule has 152 valence electrons. The number of carbonyl (C=O) groups excluding carboxylic acids is 1. The Morgan fingerprint density at radius 1 is 1.19 bits per heavy atom. The van der Waals surface area contributed by atoms with Crippen LogP contribution in [-0.4, -0.2) is 67.5 Å². The lowest BCUT2D eigenvalue weighted by atomic mass is 10.2. The summed E-state index contributed by atoms with van der Waals surface area (Å²) < 4.78 is 0. The molecule has 0 bridgehead atoms. The number of hydrogen-bond donors (Lipinski definition) is 2. The number of thiophene rings is 1. The highest BCUT2D eigenvalue weighted by Crippen LogP contribution is 2.27. The fraction of sp³-hybridized carbons (Fsp3) is 0.684. The van der Waals surface area contributed by atoms with Crippen LogP contribution < -0.4 is 10.6 Å². The molecule has 3 rings (SSSR count). The van der Waals surface area contributed by atoms with E-state index in [4.69, 9.17) is 0 Å². The quantitative estimate of drug-likeness (QED) is 0.340. The number of hydrogen-bond acceptors (Lipinski definition) is 4. The van der Waals surface area contributed by atoms with E-state index >= 15 is 0 Å². The normalized spacial score (nSPS) is 19.0. The first kappa shape index (κ1) is 22.4. The number of amides is 1. The Kier molecular flexibility index (Phi) is 9.84. The van der Waals surface area contributed by atoms with E-state index in [1.54, 1.807) is 0 Å². The molecule has 2 N–H and O–H groups in total. The largest absolute Gasteiger partial charge is 0.357 e. The van der Waals surface area contributed by atoms with Crippen molar-refractivity contribution in [1.29, 1.82) is 0 Å². The monoisotopic (exact) mass is 505 g/mol. The highest BCUT2D eigenvalue weighted by molar-refractivity contribution is 14.0. The first-order valence-corrected chi connectivity index (χ1v) is 10.7. The van der Waals surface area contributed by atoms with Crippen molar-refractivity contribution in [1.82, 2.24) is 20.4 Å². The van der Waals surface area contributed by atoms with E-state index in [1.807, 2.05) is 16.2 Å². The molecular formula is C19H32IN5OS. The molecule has 1 aromatic rings. The molecule has 0 radical (unpaired) electrons. The van der Waals surface area contributed by atoms with E-state index in [9.17, 15) is 4.79 Å². The summed E-state index contributed by atoms with van der Waals surface area (Å²) in [6, 6.07) is 4.71. The maximum atomic E-state index is 12.2. The van der Waals surface area contributed by atoms with Crippen LogP contribution in [0.15, 0.2) is 22.5 Å². The predicted octanol–water partition coefficient (Wildman–Crippen LogP) is 2.68. The van der Waals surface area contributed by atoms with Gasteiger partial charge in [-0.3, -0.25) is 9.69 Å². The van der Waals surface area contributed by atoms with E-state index in [1.165, 1.54) is 17.7 Å². The van der Waals surface area contributed by atoms with E-state index in [0.717, 1.165) is 58.1 Å². The lowest BCUT2D eigenvalue weighted by molar-refractivity contribution is -0.128. The van der Waals surface area contributed by atoms with Crippen LogP contribution in [-0.2, 0) is 4.79 Å². The van der Waals surface area contributed by atoms with Crippen molar-refractivity contribution in [2.24, 2.45) is 4.99 Å². The van der Waals surface area contributed by atoms with Crippen molar-refractivity contribution in [2.75, 3.05) is 45.8 Å². The van der Waals surface area contributed by atoms with Crippen molar-refractivity contribution in [3.63, 3.8) is 0 Å². The van der Waals surface area contributed by atoms with Crippen LogP contribution in [0.3, 0.4) is 0 Å². The molecule has 1 atom stereocenters. The van der Waals surface area contributed by atoms with E-state index < -0.39 is 0 Å². The van der Waals surface area contributed by atoms with Crippen LogP contribution >= 0.6 is 35.3 Å². The van der Waals surface area contributed by atoms with Crippen LogP contribution in [0.2, 0.25) is 0 Å². The molecule has 1 aromatic heterocycles. The molecule has 2 aliphatic rings. The molecule has 1 unspecified atom stereocenters. The van der Waals surface area contributed by atoms with Crippen molar-refractivity contribution in [2.45, 2.75) is 38.6 Å². The maximum Gasteiger partial charge on any atom is 0.244 e. The van der Waals surface area contributed by atoms with Gasteiger partial charge < -0.3 is 15.5 Å². The summed E-state index contributed by atoms with van der Waals surface area (Å²) in [6.07, 6.45) is 4.79. The molecule has 0 spiro atoms. The van der Waals surface area contributed by atoms with Crippen LogP contribution in [0, 0.1) is 0 Å². The third-order valence-corrected chi connectivity index (χ3v) is 6.06. The Morgan fingerprint density at radius 3 is 2.52 bits per heavy atom. The van der Waals surface area contributed by atoms with Crippen LogP contribution in [0.1, 0.15) is 43.5 Å². The topological polar surface area (TPSA) is 60.0 Å². The van der Waals surface area contributed by atoms with Gasteiger partial charge in [-0.15, -0.1) is 35.3 Å². The van der Waals surface area contributed by atoms with Crippen molar-refractivity contribution in [3.8, 4) is 0 Å². The van der Waals surface area contributed by atoms with Crippen molar-refractivity contribution < 1.29 is 4.79 Å². The van der Waals surface area contributed by atoms with Crippen LogP contribution in [0.5, 0.6) is 0 Å². The standard InChI is InChI=1S/C19H31N5OS.HI/c1-2-20-19(22-15-18(25)24-11-5-6-12-24)21-14-16(17-8-7-13-26-17)23-9-3-4-10-23;/h7-8,13,16H,2-6,9-12,14-15H2,1H3,(H2,20,21,22);1H. The number of aliphatic imine (C=N–C) groups is 1. The first-order chi connectivity index (χ1) is 12.8. The SMILES string of the molecule is CCNC(=NCC(=O)N1CCCC1)NCC(c1cccs1)N1CCCC1.I. The van der Waals surface area contributed by atoms with Crippen molar-refractivity contribution in [3.05, 3.63) is 22.4 Å². The molecular weight excluding hydrogens is 473 g/mol. The fourth-order valence-electron chi connectivity index (χ4n) is 3.69. The van der Waals surface area contributed by atoms with Gasteiger partial charge in [-0.1, -0.05) is 6.07 Å². The zero-order chi connectivity index (χ0) is 18.2. The summed E-state index contributed by atoms with van der Waals surface area (Å²) in [6.45, 7) is 7.96. The predicted molar refractivity (Wildman–Crippen MR) is 123 cm³/mol. The Bertz CT molecular complexity index is 583. The summed E-state index contributed by atoms with van der Waals surface area (Å²) in [5.74, 6) is 0.870. The van der Waals surface area contributed by atoms with Crippen molar-refractivity contribution >= 4 is 47.2 Å². The van der Waals surface area contributed by atoms with E-state index in [2.05, 4.69) is 45.0 Å². The molecule has 0 aliphatic carbocycles. The number of nitrogens with one attached hydrogen (secondary N) is 2. The second-order valence-electron chi connectivity index (χ2n) is 6.94. The molecule has 2 fully saturated rings. The second kappa shape index (κ2) is 11.9. The molecule has 1 amide bonds. The summed E-state index contributed by atoms with van der Waals surface area (Å²) in [7, 11) is 0. The van der Waals surface area contributed by atoms with Gasteiger partial charge in [0.1, 0.15) is 6.54 Å². The minimum atomic E-state index is 0. The average molecular weight is 505 g/mol. The van der Waals surface area contributed by atoms with Gasteiger partial charge in [0.05, 0.1) is 6.04 Å². The molecule has 2 aliphatic heterocycles. The fourth-order valence-corrected chi connectivity index (χ4v) is 4.55. The molecule has 2 saturated heterocycles. The van der Waals surface area contributed by atoms with Gasteiger partial charge in [0.2, 0.25) is 5.91 Å². The number of carbonyl (C=O) groups is 1. The molecule has 6 nitrogen and oxygen atoms in total. The highest BCUT2D eigenvalue weighted by Gasteiger charge is 2.24. The van der Waals surface area contributed by atoms with Gasteiger partial charge in [0, 0.05) is 31.1 Å². The molecule has 0 aromatic carbocycles. The number of halogens is 1. The number of guanidine groups is 1.